The molecular weight excluding hydrogens is 322 g/mol. The van der Waals surface area contributed by atoms with Crippen LogP contribution in [0.1, 0.15) is 23.1 Å². The molecule has 0 unspecified atom stereocenters. The Morgan fingerprint density at radius 3 is 2.65 bits per heavy atom. The second-order valence-electron chi connectivity index (χ2n) is 6.57. The van der Waals surface area contributed by atoms with Crippen molar-refractivity contribution in [1.29, 1.82) is 0 Å². The Labute approximate surface area is 155 Å². The average Bonchev–Trinajstić information content (AvgIpc) is 2.65. The van der Waals surface area contributed by atoms with Crippen molar-refractivity contribution >= 4 is 16.7 Å². The zero-order valence-electron chi connectivity index (χ0n) is 15.4. The summed E-state index contributed by atoms with van der Waals surface area (Å²) in [5.41, 5.74) is 3.40. The molecule has 134 valence electrons. The van der Waals surface area contributed by atoms with E-state index in [0.717, 1.165) is 29.7 Å². The quantitative estimate of drug-likeness (QED) is 0.641. The Balaban J connectivity index is 1.49. The molecule has 1 N–H and O–H groups in total. The molecule has 3 aromatic carbocycles. The van der Waals surface area contributed by atoms with Crippen LogP contribution in [-0.2, 0) is 17.6 Å². The van der Waals surface area contributed by atoms with Gasteiger partial charge in [-0.1, -0.05) is 54.6 Å². The summed E-state index contributed by atoms with van der Waals surface area (Å²) in [7, 11) is 1.66. The number of hydrogen-bond acceptors (Lipinski definition) is 2. The molecule has 3 aromatic rings. The topological polar surface area (TPSA) is 38.3 Å². The zero-order valence-corrected chi connectivity index (χ0v) is 15.4. The maximum atomic E-state index is 12.2. The van der Waals surface area contributed by atoms with E-state index in [1.165, 1.54) is 16.3 Å². The number of carbonyl (C=O) groups excluding carboxylic acids is 1. The number of amides is 1. The first-order valence-corrected chi connectivity index (χ1v) is 9.04. The molecule has 0 bridgehead atoms. The van der Waals surface area contributed by atoms with Crippen molar-refractivity contribution in [3.63, 3.8) is 0 Å². The lowest BCUT2D eigenvalue weighted by atomic mass is 10.0. The summed E-state index contributed by atoms with van der Waals surface area (Å²) in [6, 6.07) is 20.7. The van der Waals surface area contributed by atoms with Gasteiger partial charge in [0, 0.05) is 6.54 Å². The van der Waals surface area contributed by atoms with Gasteiger partial charge in [0.15, 0.2) is 0 Å². The van der Waals surface area contributed by atoms with Gasteiger partial charge in [0.25, 0.3) is 0 Å². The van der Waals surface area contributed by atoms with Gasteiger partial charge in [-0.2, -0.15) is 0 Å². The molecule has 0 aliphatic heterocycles. The van der Waals surface area contributed by atoms with Crippen molar-refractivity contribution in [1.82, 2.24) is 5.32 Å². The lowest BCUT2D eigenvalue weighted by Gasteiger charge is -2.09. The van der Waals surface area contributed by atoms with Crippen molar-refractivity contribution in [3.05, 3.63) is 77.4 Å². The molecule has 0 aromatic heterocycles. The number of carbonyl (C=O) groups is 1. The van der Waals surface area contributed by atoms with E-state index in [1.54, 1.807) is 7.11 Å². The molecule has 0 aliphatic rings. The van der Waals surface area contributed by atoms with Gasteiger partial charge < -0.3 is 10.1 Å². The summed E-state index contributed by atoms with van der Waals surface area (Å²) in [6.45, 7) is 2.68. The lowest BCUT2D eigenvalue weighted by molar-refractivity contribution is -0.120. The van der Waals surface area contributed by atoms with Crippen LogP contribution in [0.15, 0.2) is 60.7 Å². The number of nitrogens with one attached hydrogen (secondary N) is 1. The highest BCUT2D eigenvalue weighted by molar-refractivity contribution is 5.85. The number of ether oxygens (including phenoxy) is 1. The third-order valence-electron chi connectivity index (χ3n) is 4.65. The van der Waals surface area contributed by atoms with Gasteiger partial charge in [0.05, 0.1) is 13.5 Å². The first-order chi connectivity index (χ1) is 12.7. The number of methoxy groups -OCH3 is 1. The van der Waals surface area contributed by atoms with Gasteiger partial charge in [0.2, 0.25) is 5.91 Å². The first kappa shape index (κ1) is 18.0. The molecule has 3 rings (SSSR count). The summed E-state index contributed by atoms with van der Waals surface area (Å²) in [4.78, 5) is 12.2. The summed E-state index contributed by atoms with van der Waals surface area (Å²) in [5.74, 6) is 0.914. The van der Waals surface area contributed by atoms with Gasteiger partial charge >= 0.3 is 0 Å². The Morgan fingerprint density at radius 1 is 1.04 bits per heavy atom. The number of aryl methyl sites for hydroxylation is 2. The fraction of sp³-hybridized carbons (Fsp3) is 0.261. The van der Waals surface area contributed by atoms with Crippen LogP contribution in [0.5, 0.6) is 5.75 Å². The molecule has 0 aliphatic carbocycles. The predicted octanol–water partition coefficient (Wildman–Crippen LogP) is 4.45. The number of benzene rings is 3. The van der Waals surface area contributed by atoms with Gasteiger partial charge in [-0.25, -0.2) is 0 Å². The van der Waals surface area contributed by atoms with Gasteiger partial charge in [-0.3, -0.25) is 4.79 Å². The first-order valence-electron chi connectivity index (χ1n) is 9.04. The SMILES string of the molecule is COc1ccc(CC(=O)NCCCc2cccc3ccccc23)cc1C. The minimum Gasteiger partial charge on any atom is -0.496 e. The van der Waals surface area contributed by atoms with Crippen LogP contribution in [0.4, 0.5) is 0 Å². The largest absolute Gasteiger partial charge is 0.496 e. The Bertz CT molecular complexity index is 896. The van der Waals surface area contributed by atoms with Gasteiger partial charge in [0.1, 0.15) is 5.75 Å². The molecule has 0 saturated heterocycles. The highest BCUT2D eigenvalue weighted by Crippen LogP contribution is 2.20. The van der Waals surface area contributed by atoms with Crippen LogP contribution in [-0.4, -0.2) is 19.6 Å². The molecular formula is C23H25NO2. The molecule has 0 atom stereocenters. The normalized spacial score (nSPS) is 10.7. The molecule has 0 saturated carbocycles. The maximum absolute atomic E-state index is 12.2. The van der Waals surface area contributed by atoms with Crippen molar-refractivity contribution < 1.29 is 9.53 Å². The average molecular weight is 347 g/mol. The second-order valence-corrected chi connectivity index (χ2v) is 6.57. The maximum Gasteiger partial charge on any atom is 0.224 e. The van der Waals surface area contributed by atoms with Crippen LogP contribution in [0.2, 0.25) is 0 Å². The Morgan fingerprint density at radius 2 is 1.85 bits per heavy atom. The Kier molecular flexibility index (Phi) is 5.90. The Hall–Kier alpha value is -2.81. The van der Waals surface area contributed by atoms with Crippen LogP contribution in [0, 0.1) is 6.92 Å². The summed E-state index contributed by atoms with van der Waals surface area (Å²) in [5, 5.41) is 5.60. The number of fused-ring (bicyclic) bond motifs is 1. The van der Waals surface area contributed by atoms with E-state index in [9.17, 15) is 4.79 Å². The van der Waals surface area contributed by atoms with E-state index in [2.05, 4.69) is 47.8 Å². The van der Waals surface area contributed by atoms with Crippen molar-refractivity contribution in [2.45, 2.75) is 26.2 Å². The molecule has 3 nitrogen and oxygen atoms in total. The summed E-state index contributed by atoms with van der Waals surface area (Å²) < 4.78 is 5.26. The fourth-order valence-electron chi connectivity index (χ4n) is 3.32. The third kappa shape index (κ3) is 4.42. The molecule has 26 heavy (non-hydrogen) atoms. The second kappa shape index (κ2) is 8.52. The van der Waals surface area contributed by atoms with Gasteiger partial charge in [-0.15, -0.1) is 0 Å². The van der Waals surface area contributed by atoms with Crippen molar-refractivity contribution in [3.8, 4) is 5.75 Å². The van der Waals surface area contributed by atoms with Crippen LogP contribution < -0.4 is 10.1 Å². The minimum absolute atomic E-state index is 0.0625. The van der Waals surface area contributed by atoms with Crippen LogP contribution in [0.3, 0.4) is 0 Å². The highest BCUT2D eigenvalue weighted by Gasteiger charge is 2.06. The van der Waals surface area contributed by atoms with E-state index in [-0.39, 0.29) is 5.91 Å². The third-order valence-corrected chi connectivity index (χ3v) is 4.65. The summed E-state index contributed by atoms with van der Waals surface area (Å²) in [6.07, 6.45) is 2.30. The molecule has 0 radical (unpaired) electrons. The number of hydrogen-bond donors (Lipinski definition) is 1. The fourth-order valence-corrected chi connectivity index (χ4v) is 3.32. The molecule has 1 amide bonds. The zero-order chi connectivity index (χ0) is 18.4. The van der Waals surface area contributed by atoms with E-state index in [1.807, 2.05) is 25.1 Å². The monoisotopic (exact) mass is 347 g/mol. The lowest BCUT2D eigenvalue weighted by Crippen LogP contribution is -2.26. The highest BCUT2D eigenvalue weighted by atomic mass is 16.5. The van der Waals surface area contributed by atoms with Crippen LogP contribution >= 0.6 is 0 Å². The van der Waals surface area contributed by atoms with Crippen LogP contribution in [0.25, 0.3) is 10.8 Å². The van der Waals surface area contributed by atoms with E-state index < -0.39 is 0 Å². The van der Waals surface area contributed by atoms with E-state index in [4.69, 9.17) is 4.74 Å². The molecule has 0 spiro atoms. The predicted molar refractivity (Wildman–Crippen MR) is 107 cm³/mol. The van der Waals surface area contributed by atoms with E-state index >= 15 is 0 Å². The molecule has 0 heterocycles. The number of rotatable bonds is 7. The minimum atomic E-state index is 0.0625. The molecule has 0 fully saturated rings. The van der Waals surface area contributed by atoms with Crippen molar-refractivity contribution in [2.24, 2.45) is 0 Å². The molecule has 3 heteroatoms. The van der Waals surface area contributed by atoms with Gasteiger partial charge in [-0.05, 0) is 53.3 Å². The smallest absolute Gasteiger partial charge is 0.224 e. The van der Waals surface area contributed by atoms with Crippen molar-refractivity contribution in [2.75, 3.05) is 13.7 Å². The summed E-state index contributed by atoms with van der Waals surface area (Å²) >= 11 is 0. The van der Waals surface area contributed by atoms with E-state index in [0.29, 0.717) is 13.0 Å². The standard InChI is InChI=1S/C23H25NO2/c1-17-15-18(12-13-22(17)26-2)16-23(25)24-14-6-10-20-9-5-8-19-7-3-4-11-21(19)20/h3-5,7-9,11-13,15H,6,10,14,16H2,1-2H3,(H,24,25).